The maximum Gasteiger partial charge on any atom is 0.191 e. The van der Waals surface area contributed by atoms with Gasteiger partial charge in [0, 0.05) is 13.1 Å². The third kappa shape index (κ3) is 7.28. The summed E-state index contributed by atoms with van der Waals surface area (Å²) in [7, 11) is 0. The quantitative estimate of drug-likeness (QED) is 0.392. The van der Waals surface area contributed by atoms with Crippen LogP contribution in [-0.2, 0) is 6.54 Å². The van der Waals surface area contributed by atoms with Gasteiger partial charge in [-0.3, -0.25) is 0 Å². The second-order valence-electron chi connectivity index (χ2n) is 4.49. The lowest BCUT2D eigenvalue weighted by atomic mass is 10.2. The van der Waals surface area contributed by atoms with Gasteiger partial charge < -0.3 is 15.7 Å². The van der Waals surface area contributed by atoms with Gasteiger partial charge in [0.1, 0.15) is 5.75 Å². The number of aromatic hydroxyl groups is 1. The lowest BCUT2D eigenvalue weighted by Crippen LogP contribution is -2.37. The molecule has 0 saturated heterocycles. The molecule has 0 amide bonds. The van der Waals surface area contributed by atoms with E-state index in [9.17, 15) is 5.11 Å². The average Bonchev–Trinajstić information content (AvgIpc) is 2.44. The standard InChI is InChI=1S/C15H25N3OS/c1-3-16-15(17-9-4-5-10-20-2)18-12-13-7-6-8-14(19)11-13/h6-8,11,19H,3-5,9-10,12H2,1-2H3,(H2,16,17,18). The predicted molar refractivity (Wildman–Crippen MR) is 88.5 cm³/mol. The van der Waals surface area contributed by atoms with Crippen LogP contribution >= 0.6 is 11.8 Å². The van der Waals surface area contributed by atoms with E-state index in [0.29, 0.717) is 6.54 Å². The largest absolute Gasteiger partial charge is 0.508 e. The summed E-state index contributed by atoms with van der Waals surface area (Å²) in [6.07, 6.45) is 4.51. The molecule has 3 N–H and O–H groups in total. The maximum absolute atomic E-state index is 9.42. The van der Waals surface area contributed by atoms with E-state index in [4.69, 9.17) is 0 Å². The SMILES string of the molecule is CCNC(=NCc1cccc(O)c1)NCCCCSC. The van der Waals surface area contributed by atoms with Crippen LogP contribution in [0.4, 0.5) is 0 Å². The summed E-state index contributed by atoms with van der Waals surface area (Å²) in [6.45, 7) is 4.40. The third-order valence-electron chi connectivity index (χ3n) is 2.74. The number of hydrogen-bond acceptors (Lipinski definition) is 3. The molecule has 0 fully saturated rings. The molecule has 0 heterocycles. The molecule has 4 nitrogen and oxygen atoms in total. The van der Waals surface area contributed by atoms with Gasteiger partial charge in [0.25, 0.3) is 0 Å². The molecule has 0 radical (unpaired) electrons. The van der Waals surface area contributed by atoms with Gasteiger partial charge in [-0.15, -0.1) is 0 Å². The van der Waals surface area contributed by atoms with Crippen LogP contribution in [0.3, 0.4) is 0 Å². The van der Waals surface area contributed by atoms with Crippen molar-refractivity contribution in [3.8, 4) is 5.75 Å². The maximum atomic E-state index is 9.42. The summed E-state index contributed by atoms with van der Waals surface area (Å²) in [5, 5.41) is 16.0. The molecular formula is C15H25N3OS. The molecule has 1 aromatic rings. The van der Waals surface area contributed by atoms with Crippen LogP contribution in [0.1, 0.15) is 25.3 Å². The molecule has 0 spiro atoms. The molecule has 1 rings (SSSR count). The molecule has 20 heavy (non-hydrogen) atoms. The van der Waals surface area contributed by atoms with Crippen molar-refractivity contribution in [3.05, 3.63) is 29.8 Å². The number of nitrogens with zero attached hydrogens (tertiary/aromatic N) is 1. The number of benzene rings is 1. The van der Waals surface area contributed by atoms with E-state index in [1.165, 1.54) is 12.2 Å². The van der Waals surface area contributed by atoms with Gasteiger partial charge in [-0.05, 0) is 49.5 Å². The highest BCUT2D eigenvalue weighted by Crippen LogP contribution is 2.11. The average molecular weight is 295 g/mol. The van der Waals surface area contributed by atoms with Crippen molar-refractivity contribution in [1.29, 1.82) is 0 Å². The van der Waals surface area contributed by atoms with Gasteiger partial charge in [-0.2, -0.15) is 11.8 Å². The fraction of sp³-hybridized carbons (Fsp3) is 0.533. The van der Waals surface area contributed by atoms with Gasteiger partial charge in [-0.25, -0.2) is 4.99 Å². The first kappa shape index (κ1) is 16.7. The van der Waals surface area contributed by atoms with Crippen LogP contribution < -0.4 is 10.6 Å². The first-order chi connectivity index (χ1) is 9.76. The number of rotatable bonds is 8. The van der Waals surface area contributed by atoms with Gasteiger partial charge in [-0.1, -0.05) is 12.1 Å². The number of aliphatic imine (C=N–C) groups is 1. The zero-order chi connectivity index (χ0) is 14.6. The third-order valence-corrected chi connectivity index (χ3v) is 3.44. The van der Waals surface area contributed by atoms with E-state index in [-0.39, 0.29) is 5.75 Å². The monoisotopic (exact) mass is 295 g/mol. The lowest BCUT2D eigenvalue weighted by Gasteiger charge is -2.11. The second-order valence-corrected chi connectivity index (χ2v) is 5.48. The van der Waals surface area contributed by atoms with Crippen LogP contribution in [0.25, 0.3) is 0 Å². The zero-order valence-corrected chi connectivity index (χ0v) is 13.2. The van der Waals surface area contributed by atoms with Crippen molar-refractivity contribution in [2.45, 2.75) is 26.3 Å². The number of unbranched alkanes of at least 4 members (excludes halogenated alkanes) is 1. The highest BCUT2D eigenvalue weighted by molar-refractivity contribution is 7.98. The lowest BCUT2D eigenvalue weighted by molar-refractivity contribution is 0.474. The molecule has 0 atom stereocenters. The van der Waals surface area contributed by atoms with Gasteiger partial charge >= 0.3 is 0 Å². The van der Waals surface area contributed by atoms with Crippen LogP contribution in [0.15, 0.2) is 29.3 Å². The van der Waals surface area contributed by atoms with E-state index >= 15 is 0 Å². The molecule has 0 aliphatic rings. The van der Waals surface area contributed by atoms with Crippen molar-refractivity contribution in [3.63, 3.8) is 0 Å². The van der Waals surface area contributed by atoms with E-state index in [2.05, 4.69) is 28.8 Å². The fourth-order valence-electron chi connectivity index (χ4n) is 1.75. The summed E-state index contributed by atoms with van der Waals surface area (Å²) in [5.74, 6) is 2.33. The number of guanidine groups is 1. The second kappa shape index (κ2) is 10.4. The minimum absolute atomic E-state index is 0.285. The highest BCUT2D eigenvalue weighted by atomic mass is 32.2. The molecule has 112 valence electrons. The summed E-state index contributed by atoms with van der Waals surface area (Å²) in [6, 6.07) is 7.21. The molecule has 1 aromatic carbocycles. The van der Waals surface area contributed by atoms with E-state index in [1.807, 2.05) is 23.9 Å². The Hall–Kier alpha value is -1.36. The van der Waals surface area contributed by atoms with Crippen LogP contribution in [-0.4, -0.2) is 36.2 Å². The predicted octanol–water partition coefficient (Wildman–Crippen LogP) is 2.59. The van der Waals surface area contributed by atoms with Crippen LogP contribution in [0, 0.1) is 0 Å². The van der Waals surface area contributed by atoms with Crippen LogP contribution in [0.5, 0.6) is 5.75 Å². The van der Waals surface area contributed by atoms with Gasteiger partial charge in [0.05, 0.1) is 6.54 Å². The number of nitrogens with one attached hydrogen (secondary N) is 2. The van der Waals surface area contributed by atoms with E-state index < -0.39 is 0 Å². The van der Waals surface area contributed by atoms with E-state index in [0.717, 1.165) is 31.0 Å². The van der Waals surface area contributed by atoms with Crippen molar-refractivity contribution >= 4 is 17.7 Å². The Labute approximate surface area is 126 Å². The van der Waals surface area contributed by atoms with Crippen LogP contribution in [0.2, 0.25) is 0 Å². The molecular weight excluding hydrogens is 270 g/mol. The normalized spacial score (nSPS) is 11.4. The Morgan fingerprint density at radius 1 is 1.30 bits per heavy atom. The van der Waals surface area contributed by atoms with Crippen molar-refractivity contribution in [2.24, 2.45) is 4.99 Å². The number of thioether (sulfide) groups is 1. The Kier molecular flexibility index (Phi) is 8.71. The minimum Gasteiger partial charge on any atom is -0.508 e. The topological polar surface area (TPSA) is 56.7 Å². The molecule has 0 aromatic heterocycles. The Morgan fingerprint density at radius 3 is 2.85 bits per heavy atom. The number of phenols is 1. The first-order valence-electron chi connectivity index (χ1n) is 7.05. The van der Waals surface area contributed by atoms with E-state index in [1.54, 1.807) is 12.1 Å². The van der Waals surface area contributed by atoms with Crippen molar-refractivity contribution in [1.82, 2.24) is 10.6 Å². The Bertz CT molecular complexity index is 410. The summed E-state index contributed by atoms with van der Waals surface area (Å²) >= 11 is 1.88. The summed E-state index contributed by atoms with van der Waals surface area (Å²) in [5.41, 5.74) is 1.00. The van der Waals surface area contributed by atoms with Gasteiger partial charge in [0.15, 0.2) is 5.96 Å². The van der Waals surface area contributed by atoms with Crippen molar-refractivity contribution < 1.29 is 5.11 Å². The molecule has 0 bridgehead atoms. The zero-order valence-electron chi connectivity index (χ0n) is 12.4. The Balaban J connectivity index is 2.41. The molecule has 0 aliphatic carbocycles. The smallest absolute Gasteiger partial charge is 0.191 e. The summed E-state index contributed by atoms with van der Waals surface area (Å²) in [4.78, 5) is 4.52. The highest BCUT2D eigenvalue weighted by Gasteiger charge is 1.98. The molecule has 0 unspecified atom stereocenters. The van der Waals surface area contributed by atoms with Crippen molar-refractivity contribution in [2.75, 3.05) is 25.1 Å². The minimum atomic E-state index is 0.285. The fourth-order valence-corrected chi connectivity index (χ4v) is 2.24. The number of phenolic OH excluding ortho intramolecular Hbond substituents is 1. The molecule has 0 aliphatic heterocycles. The summed E-state index contributed by atoms with van der Waals surface area (Å²) < 4.78 is 0. The Morgan fingerprint density at radius 2 is 2.15 bits per heavy atom. The number of hydrogen-bond donors (Lipinski definition) is 3. The van der Waals surface area contributed by atoms with Gasteiger partial charge in [0.2, 0.25) is 0 Å². The molecule has 0 saturated carbocycles. The molecule has 5 heteroatoms. The first-order valence-corrected chi connectivity index (χ1v) is 8.44.